The van der Waals surface area contributed by atoms with E-state index in [1.54, 1.807) is 6.92 Å². The third-order valence-electron chi connectivity index (χ3n) is 10.00. The van der Waals surface area contributed by atoms with Gasteiger partial charge in [0, 0.05) is 11.5 Å². The highest BCUT2D eigenvalue weighted by atomic mass is 32.2. The number of carbonyl (C=O) groups is 2. The predicted molar refractivity (Wildman–Crippen MR) is 229 cm³/mol. The van der Waals surface area contributed by atoms with E-state index in [4.69, 9.17) is 9.47 Å². The molecule has 0 bridgehead atoms. The molecule has 0 heterocycles. The van der Waals surface area contributed by atoms with E-state index in [0.717, 1.165) is 23.0 Å². The van der Waals surface area contributed by atoms with Crippen molar-refractivity contribution >= 4 is 35.5 Å². The Labute approximate surface area is 328 Å². The maximum Gasteiger partial charge on any atom is 0.307 e. The summed E-state index contributed by atoms with van der Waals surface area (Å²) < 4.78 is 10.8. The zero-order chi connectivity index (χ0) is 37.1. The number of unbranched alkanes of at least 4 members (excludes halogenated alkanes) is 30. The Hall–Kier alpha value is -0.360. The third kappa shape index (κ3) is 43.9. The molecule has 6 heteroatoms. The summed E-state index contributed by atoms with van der Waals surface area (Å²) in [6.07, 6.45) is 45.1. The fraction of sp³-hybridized carbons (Fsp3) is 0.956. The van der Waals surface area contributed by atoms with E-state index in [1.165, 1.54) is 205 Å². The van der Waals surface area contributed by atoms with Crippen LogP contribution in [-0.2, 0) is 19.1 Å². The van der Waals surface area contributed by atoms with Gasteiger partial charge in [-0.15, -0.1) is 0 Å². The number of hydrogen-bond acceptors (Lipinski definition) is 6. The Morgan fingerprint density at radius 3 is 0.980 bits per heavy atom. The molecule has 0 fully saturated rings. The van der Waals surface area contributed by atoms with Crippen molar-refractivity contribution in [2.75, 3.05) is 29.6 Å². The van der Waals surface area contributed by atoms with Crippen molar-refractivity contribution in [1.82, 2.24) is 0 Å². The first-order valence-electron chi connectivity index (χ1n) is 22.6. The first kappa shape index (κ1) is 50.6. The Balaban J connectivity index is 3.35. The maximum atomic E-state index is 12.2. The summed E-state index contributed by atoms with van der Waals surface area (Å²) in [7, 11) is 0. The third-order valence-corrected chi connectivity index (χ3v) is 12.1. The molecule has 0 spiro atoms. The fourth-order valence-electron chi connectivity index (χ4n) is 6.62. The van der Waals surface area contributed by atoms with E-state index >= 15 is 0 Å². The lowest BCUT2D eigenvalue weighted by molar-refractivity contribution is -0.157. The van der Waals surface area contributed by atoms with Crippen LogP contribution in [-0.4, -0.2) is 47.7 Å². The van der Waals surface area contributed by atoms with Crippen LogP contribution in [0.2, 0.25) is 0 Å². The molecule has 0 aliphatic carbocycles. The van der Waals surface area contributed by atoms with Crippen LogP contribution in [0.5, 0.6) is 0 Å². The number of ether oxygens (including phenoxy) is 2. The molecule has 51 heavy (non-hydrogen) atoms. The fourth-order valence-corrected chi connectivity index (χ4v) is 8.47. The van der Waals surface area contributed by atoms with Crippen molar-refractivity contribution in [3.63, 3.8) is 0 Å². The lowest BCUT2D eigenvalue weighted by Gasteiger charge is -2.13. The normalized spacial score (nSPS) is 12.0. The van der Waals surface area contributed by atoms with Crippen molar-refractivity contribution in [2.24, 2.45) is 0 Å². The van der Waals surface area contributed by atoms with Crippen molar-refractivity contribution < 1.29 is 19.1 Å². The molecular weight excluding hydrogens is 669 g/mol. The topological polar surface area (TPSA) is 52.6 Å². The molecule has 0 rings (SSSR count). The summed E-state index contributed by atoms with van der Waals surface area (Å²) in [5.74, 6) is 3.48. The van der Waals surface area contributed by atoms with E-state index in [-0.39, 0.29) is 24.6 Å². The van der Waals surface area contributed by atoms with Crippen LogP contribution in [0.3, 0.4) is 0 Å². The molecule has 0 N–H and O–H groups in total. The zero-order valence-corrected chi connectivity index (χ0v) is 36.2. The van der Waals surface area contributed by atoms with Gasteiger partial charge in [0.25, 0.3) is 0 Å². The molecule has 0 amide bonds. The van der Waals surface area contributed by atoms with Gasteiger partial charge in [-0.05, 0) is 31.3 Å². The quantitative estimate of drug-likeness (QED) is 0.0456. The molecule has 0 saturated heterocycles. The van der Waals surface area contributed by atoms with Gasteiger partial charge in [-0.2, -0.15) is 23.5 Å². The lowest BCUT2D eigenvalue weighted by Crippen LogP contribution is -2.22. The molecular formula is C45H88O4S2. The summed E-state index contributed by atoms with van der Waals surface area (Å²) in [6, 6.07) is 0. The average molecular weight is 757 g/mol. The van der Waals surface area contributed by atoms with Crippen LogP contribution in [0.1, 0.15) is 239 Å². The largest absolute Gasteiger partial charge is 0.462 e. The van der Waals surface area contributed by atoms with Crippen molar-refractivity contribution in [2.45, 2.75) is 245 Å². The van der Waals surface area contributed by atoms with E-state index < -0.39 is 0 Å². The van der Waals surface area contributed by atoms with Crippen LogP contribution in [0, 0.1) is 0 Å². The average Bonchev–Trinajstić information content (AvgIpc) is 3.12. The monoisotopic (exact) mass is 757 g/mol. The minimum atomic E-state index is -0.385. The van der Waals surface area contributed by atoms with E-state index in [0.29, 0.717) is 12.8 Å². The Bertz CT molecular complexity index is 704. The Morgan fingerprint density at radius 1 is 0.392 bits per heavy atom. The predicted octanol–water partition coefficient (Wildman–Crippen LogP) is 15.2. The zero-order valence-electron chi connectivity index (χ0n) is 34.6. The van der Waals surface area contributed by atoms with Crippen LogP contribution < -0.4 is 0 Å². The second kappa shape index (κ2) is 44.0. The highest BCUT2D eigenvalue weighted by Crippen LogP contribution is 2.17. The summed E-state index contributed by atoms with van der Waals surface area (Å²) in [6.45, 7) is 6.54. The van der Waals surface area contributed by atoms with Crippen LogP contribution in [0.25, 0.3) is 0 Å². The van der Waals surface area contributed by atoms with Gasteiger partial charge in [0.05, 0.1) is 12.8 Å². The van der Waals surface area contributed by atoms with Gasteiger partial charge < -0.3 is 9.47 Å². The molecule has 0 aromatic rings. The molecule has 0 radical (unpaired) electrons. The number of thioether (sulfide) groups is 2. The minimum absolute atomic E-state index is 0.153. The van der Waals surface area contributed by atoms with Gasteiger partial charge in [-0.25, -0.2) is 0 Å². The molecule has 0 aromatic carbocycles. The number of esters is 2. The summed E-state index contributed by atoms with van der Waals surface area (Å²) in [4.78, 5) is 24.3. The molecule has 1 unspecified atom stereocenters. The van der Waals surface area contributed by atoms with Crippen molar-refractivity contribution in [3.05, 3.63) is 0 Å². The number of rotatable bonds is 43. The second-order valence-corrected chi connectivity index (χ2v) is 17.8. The van der Waals surface area contributed by atoms with Gasteiger partial charge in [0.2, 0.25) is 0 Å². The molecule has 0 saturated carbocycles. The van der Waals surface area contributed by atoms with Gasteiger partial charge in [0.15, 0.2) is 0 Å². The van der Waals surface area contributed by atoms with Gasteiger partial charge in [-0.1, -0.05) is 206 Å². The van der Waals surface area contributed by atoms with Gasteiger partial charge in [-0.3, -0.25) is 9.59 Å². The number of carbonyl (C=O) groups excluding carboxylic acids is 2. The summed E-state index contributed by atoms with van der Waals surface area (Å²) >= 11 is 3.70. The van der Waals surface area contributed by atoms with E-state index in [9.17, 15) is 9.59 Å². The van der Waals surface area contributed by atoms with Crippen molar-refractivity contribution in [1.29, 1.82) is 0 Å². The Kier molecular flexibility index (Phi) is 43.7. The maximum absolute atomic E-state index is 12.2. The van der Waals surface area contributed by atoms with Crippen molar-refractivity contribution in [3.8, 4) is 0 Å². The molecule has 304 valence electrons. The molecule has 4 nitrogen and oxygen atoms in total. The first-order valence-corrected chi connectivity index (χ1v) is 24.9. The standard InChI is InChI=1S/C45H88O4S2/c1-4-6-8-10-12-14-16-18-20-22-24-26-28-30-32-34-38-50-40-36-44(46)48-42-43(3)49-45(47)37-41-51-39-35-33-31-29-27-25-23-21-19-17-15-13-11-9-7-5-2/h43H,4-42H2,1-3H3. The van der Waals surface area contributed by atoms with Gasteiger partial charge in [0.1, 0.15) is 12.7 Å². The molecule has 0 aliphatic heterocycles. The molecule has 0 aromatic heterocycles. The Morgan fingerprint density at radius 2 is 0.667 bits per heavy atom. The molecule has 1 atom stereocenters. The highest BCUT2D eigenvalue weighted by Gasteiger charge is 2.12. The highest BCUT2D eigenvalue weighted by molar-refractivity contribution is 7.99. The SMILES string of the molecule is CCCCCCCCCCCCCCCCCCSCCC(=O)OCC(C)OC(=O)CCSCCCCCCCCCCCCCCCCCC. The van der Waals surface area contributed by atoms with Gasteiger partial charge >= 0.3 is 11.9 Å². The van der Waals surface area contributed by atoms with Crippen LogP contribution in [0.15, 0.2) is 0 Å². The van der Waals surface area contributed by atoms with E-state index in [2.05, 4.69) is 13.8 Å². The summed E-state index contributed by atoms with van der Waals surface area (Å²) in [5, 5.41) is 0. The summed E-state index contributed by atoms with van der Waals surface area (Å²) in [5.41, 5.74) is 0. The smallest absolute Gasteiger partial charge is 0.307 e. The molecule has 0 aliphatic rings. The van der Waals surface area contributed by atoms with E-state index in [1.807, 2.05) is 23.5 Å². The lowest BCUT2D eigenvalue weighted by atomic mass is 10.0. The first-order chi connectivity index (χ1) is 25.1. The van der Waals surface area contributed by atoms with Crippen LogP contribution in [0.4, 0.5) is 0 Å². The number of hydrogen-bond donors (Lipinski definition) is 0. The van der Waals surface area contributed by atoms with Crippen LogP contribution >= 0.6 is 23.5 Å². The second-order valence-electron chi connectivity index (χ2n) is 15.3. The minimum Gasteiger partial charge on any atom is -0.462 e.